The van der Waals surface area contributed by atoms with Gasteiger partial charge in [0.25, 0.3) is 0 Å². The molecular weight excluding hydrogens is 501 g/mol. The van der Waals surface area contributed by atoms with Gasteiger partial charge in [0.15, 0.2) is 0 Å². The second-order valence-electron chi connectivity index (χ2n) is 10.6. The van der Waals surface area contributed by atoms with E-state index in [1.54, 1.807) is 17.4 Å². The standard InChI is InChI=1S/C29H36BNO6S/c1-3-6-19-14-23-27(29(34)31(28(23)33)16-22-7-5-12-38-22)24-15-30(35)37-25(26(19)24)11-8-18(4-2)13-20-9-10-21(17-32)36-20/h5,7,9-10,12-13,23-25,27,32,35H,3-4,6,8,11,14-17H2,1-2H3/b18-13+/t23-,24+,25-,27-/m1/s1. The first-order valence-corrected chi connectivity index (χ1v) is 14.6. The van der Waals surface area contributed by atoms with Gasteiger partial charge in [0.1, 0.15) is 18.1 Å². The van der Waals surface area contributed by atoms with Crippen LogP contribution in [0.5, 0.6) is 0 Å². The zero-order valence-corrected chi connectivity index (χ0v) is 22.9. The van der Waals surface area contributed by atoms with Crippen LogP contribution < -0.4 is 0 Å². The van der Waals surface area contributed by atoms with E-state index in [-0.39, 0.29) is 36.4 Å². The molecule has 7 nitrogen and oxygen atoms in total. The van der Waals surface area contributed by atoms with Crippen molar-refractivity contribution in [3.8, 4) is 0 Å². The first-order chi connectivity index (χ1) is 18.4. The number of rotatable bonds is 10. The summed E-state index contributed by atoms with van der Waals surface area (Å²) in [5.74, 6) is 0.0975. The predicted octanol–water partition coefficient (Wildman–Crippen LogP) is 5.20. The molecule has 5 rings (SSSR count). The fourth-order valence-corrected chi connectivity index (χ4v) is 7.20. The second-order valence-corrected chi connectivity index (χ2v) is 11.6. The highest BCUT2D eigenvalue weighted by Gasteiger charge is 2.57. The van der Waals surface area contributed by atoms with E-state index < -0.39 is 13.0 Å². The third kappa shape index (κ3) is 5.34. The monoisotopic (exact) mass is 537 g/mol. The first-order valence-electron chi connectivity index (χ1n) is 13.7. The summed E-state index contributed by atoms with van der Waals surface area (Å²) in [6, 6.07) is 7.52. The average Bonchev–Trinajstić information content (AvgIpc) is 3.64. The van der Waals surface area contributed by atoms with Crippen LogP contribution in [-0.4, -0.2) is 40.1 Å². The van der Waals surface area contributed by atoms with Crippen molar-refractivity contribution in [2.24, 2.45) is 17.8 Å². The Morgan fingerprint density at radius 1 is 1.21 bits per heavy atom. The Bertz CT molecular complexity index is 1220. The Hall–Kier alpha value is -2.46. The minimum atomic E-state index is -0.962. The van der Waals surface area contributed by atoms with Gasteiger partial charge >= 0.3 is 7.12 Å². The van der Waals surface area contributed by atoms with Crippen molar-refractivity contribution in [1.29, 1.82) is 0 Å². The lowest BCUT2D eigenvalue weighted by Gasteiger charge is -2.43. The highest BCUT2D eigenvalue weighted by atomic mass is 32.1. The van der Waals surface area contributed by atoms with Gasteiger partial charge in [0.05, 0.1) is 24.5 Å². The molecule has 2 aliphatic heterocycles. The molecule has 9 heteroatoms. The van der Waals surface area contributed by atoms with Crippen molar-refractivity contribution >= 4 is 36.3 Å². The maximum atomic E-state index is 13.7. The Morgan fingerprint density at radius 2 is 2.05 bits per heavy atom. The highest BCUT2D eigenvalue weighted by Crippen LogP contribution is 2.51. The van der Waals surface area contributed by atoms with Crippen LogP contribution in [0.15, 0.2) is 50.8 Å². The molecule has 0 aromatic carbocycles. The summed E-state index contributed by atoms with van der Waals surface area (Å²) in [7, 11) is -0.962. The smallest absolute Gasteiger partial charge is 0.455 e. The van der Waals surface area contributed by atoms with Gasteiger partial charge in [-0.3, -0.25) is 14.5 Å². The number of aliphatic hydroxyl groups excluding tert-OH is 1. The molecule has 2 saturated heterocycles. The Morgan fingerprint density at radius 3 is 2.74 bits per heavy atom. The molecule has 2 amide bonds. The molecule has 2 aromatic rings. The lowest BCUT2D eigenvalue weighted by Crippen LogP contribution is -2.46. The molecule has 2 fully saturated rings. The van der Waals surface area contributed by atoms with Gasteiger partial charge in [-0.25, -0.2) is 0 Å². The molecule has 0 saturated carbocycles. The number of amides is 2. The fraction of sp³-hybridized carbons (Fsp3) is 0.517. The Labute approximate surface area is 228 Å². The highest BCUT2D eigenvalue weighted by molar-refractivity contribution is 7.09. The van der Waals surface area contributed by atoms with Crippen LogP contribution in [-0.2, 0) is 27.4 Å². The Balaban J connectivity index is 1.40. The fourth-order valence-electron chi connectivity index (χ4n) is 6.51. The topological polar surface area (TPSA) is 100 Å². The van der Waals surface area contributed by atoms with E-state index in [0.29, 0.717) is 37.2 Å². The molecular formula is C29H36BNO6S. The zero-order valence-electron chi connectivity index (χ0n) is 22.1. The second kappa shape index (κ2) is 11.7. The largest absolute Gasteiger partial charge is 0.459 e. The molecule has 38 heavy (non-hydrogen) atoms. The molecule has 1 aliphatic carbocycles. The number of thiophene rings is 1. The van der Waals surface area contributed by atoms with Crippen molar-refractivity contribution < 1.29 is 28.8 Å². The summed E-state index contributed by atoms with van der Waals surface area (Å²) in [5, 5.41) is 22.0. The van der Waals surface area contributed by atoms with Crippen LogP contribution in [0.25, 0.3) is 6.08 Å². The summed E-state index contributed by atoms with van der Waals surface area (Å²) in [6.07, 6.45) is 6.75. The van der Waals surface area contributed by atoms with E-state index in [1.165, 1.54) is 16.0 Å². The number of imide groups is 1. The molecule has 2 N–H and O–H groups in total. The van der Waals surface area contributed by atoms with Crippen molar-refractivity contribution in [2.75, 3.05) is 0 Å². The number of hydrogen-bond acceptors (Lipinski definition) is 7. The number of likely N-dealkylation sites (tertiary alicyclic amines) is 1. The van der Waals surface area contributed by atoms with E-state index in [1.807, 2.05) is 29.7 Å². The van der Waals surface area contributed by atoms with E-state index in [4.69, 9.17) is 9.07 Å². The van der Waals surface area contributed by atoms with Gasteiger partial charge in [-0.2, -0.15) is 0 Å². The predicted molar refractivity (Wildman–Crippen MR) is 147 cm³/mol. The van der Waals surface area contributed by atoms with Crippen LogP contribution in [0.3, 0.4) is 0 Å². The van der Waals surface area contributed by atoms with Crippen LogP contribution >= 0.6 is 11.3 Å². The van der Waals surface area contributed by atoms with Crippen molar-refractivity contribution in [1.82, 2.24) is 4.90 Å². The number of allylic oxidation sites excluding steroid dienone is 2. The van der Waals surface area contributed by atoms with Crippen molar-refractivity contribution in [2.45, 2.75) is 77.9 Å². The maximum Gasteiger partial charge on any atom is 0.455 e. The first kappa shape index (κ1) is 27.1. The number of hydrogen-bond donors (Lipinski definition) is 2. The van der Waals surface area contributed by atoms with Crippen LogP contribution in [0, 0.1) is 17.8 Å². The minimum Gasteiger partial charge on any atom is -0.459 e. The summed E-state index contributed by atoms with van der Waals surface area (Å²) in [4.78, 5) is 29.6. The molecule has 0 bridgehead atoms. The molecule has 3 aliphatic rings. The molecule has 4 heterocycles. The Kier molecular flexibility index (Phi) is 8.38. The molecule has 0 unspecified atom stereocenters. The average molecular weight is 537 g/mol. The van der Waals surface area contributed by atoms with E-state index in [2.05, 4.69) is 13.8 Å². The normalized spacial score (nSPS) is 25.8. The third-order valence-electron chi connectivity index (χ3n) is 8.21. The third-order valence-corrected chi connectivity index (χ3v) is 9.07. The number of aliphatic hydroxyl groups is 1. The molecule has 0 radical (unpaired) electrons. The summed E-state index contributed by atoms with van der Waals surface area (Å²) >= 11 is 1.55. The van der Waals surface area contributed by atoms with E-state index >= 15 is 0 Å². The van der Waals surface area contributed by atoms with E-state index in [9.17, 15) is 19.7 Å². The lowest BCUT2D eigenvalue weighted by molar-refractivity contribution is -0.140. The minimum absolute atomic E-state index is 0.0736. The maximum absolute atomic E-state index is 13.7. The van der Waals surface area contributed by atoms with Gasteiger partial charge in [0.2, 0.25) is 11.8 Å². The molecule has 0 spiro atoms. The number of furan rings is 1. The van der Waals surface area contributed by atoms with Gasteiger partial charge in [-0.05, 0) is 79.6 Å². The van der Waals surface area contributed by atoms with Gasteiger partial charge in [0, 0.05) is 4.88 Å². The van der Waals surface area contributed by atoms with Crippen molar-refractivity contribution in [3.63, 3.8) is 0 Å². The SMILES string of the molecule is CCCC1=C2[C@@H](CC/C(=C/c3ccc(CO)o3)CC)OB(O)C[C@@H]2[C@@H]2C(=O)N(Cc3cccs3)C(=O)[C@@H]2C1. The molecule has 202 valence electrons. The number of carbonyl (C=O) groups excluding carboxylic acids is 2. The molecule has 2 aromatic heterocycles. The number of carbonyl (C=O) groups is 2. The number of nitrogens with zero attached hydrogens (tertiary/aromatic N) is 1. The van der Waals surface area contributed by atoms with Gasteiger partial charge < -0.3 is 19.2 Å². The summed E-state index contributed by atoms with van der Waals surface area (Å²) < 4.78 is 11.8. The van der Waals surface area contributed by atoms with Gasteiger partial charge in [-0.1, -0.05) is 37.5 Å². The quantitative estimate of drug-likeness (QED) is 0.245. The lowest BCUT2D eigenvalue weighted by atomic mass is 9.58. The van der Waals surface area contributed by atoms with Crippen LogP contribution in [0.2, 0.25) is 6.32 Å². The van der Waals surface area contributed by atoms with Crippen LogP contribution in [0.1, 0.15) is 68.8 Å². The van der Waals surface area contributed by atoms with E-state index in [0.717, 1.165) is 36.1 Å². The van der Waals surface area contributed by atoms with Crippen molar-refractivity contribution in [3.05, 3.63) is 62.8 Å². The summed E-state index contributed by atoms with van der Waals surface area (Å²) in [6.45, 7) is 4.42. The molecule has 4 atom stereocenters. The van der Waals surface area contributed by atoms with Crippen LogP contribution in [0.4, 0.5) is 0 Å². The summed E-state index contributed by atoms with van der Waals surface area (Å²) in [5.41, 5.74) is 3.56. The number of fused-ring (bicyclic) bond motifs is 3. The zero-order chi connectivity index (χ0) is 26.8. The van der Waals surface area contributed by atoms with Gasteiger partial charge in [-0.15, -0.1) is 11.3 Å².